The molecule has 0 bridgehead atoms. The molecular formula is C20H19B2F8N3. The maximum atomic E-state index is 9.75. The van der Waals surface area contributed by atoms with Crippen molar-refractivity contribution in [3.63, 3.8) is 0 Å². The number of rotatable bonds is 2. The summed E-state index contributed by atoms with van der Waals surface area (Å²) in [6.45, 7) is 0. The molecule has 0 unspecified atom stereocenters. The maximum absolute atomic E-state index is 9.75. The van der Waals surface area contributed by atoms with Crippen LogP contribution < -0.4 is 9.13 Å². The number of halogens is 8. The Labute approximate surface area is 184 Å². The van der Waals surface area contributed by atoms with Crippen molar-refractivity contribution in [2.75, 3.05) is 0 Å². The van der Waals surface area contributed by atoms with Crippen LogP contribution in [0.4, 0.5) is 34.5 Å². The molecule has 176 valence electrons. The van der Waals surface area contributed by atoms with Gasteiger partial charge in [0.15, 0.2) is 23.4 Å². The number of nitrogens with zero attached hydrogens (tertiary/aromatic N) is 3. The number of aryl methyl sites for hydroxylation is 2. The van der Waals surface area contributed by atoms with E-state index in [0.717, 1.165) is 0 Å². The molecule has 0 spiro atoms. The summed E-state index contributed by atoms with van der Waals surface area (Å²) in [5.74, 6) is 1.20. The molecule has 4 aromatic rings. The lowest BCUT2D eigenvalue weighted by Gasteiger charge is -1.99. The Kier molecular flexibility index (Phi) is 8.23. The summed E-state index contributed by atoms with van der Waals surface area (Å²) in [6.07, 6.45) is 4.23. The van der Waals surface area contributed by atoms with Crippen molar-refractivity contribution >= 4 is 25.5 Å². The van der Waals surface area contributed by atoms with Crippen molar-refractivity contribution in [2.24, 2.45) is 14.1 Å². The summed E-state index contributed by atoms with van der Waals surface area (Å²) in [5.41, 5.74) is 4.86. The SMILES string of the molecule is Cn1c(-c2cc[n+](-c3ccccc3)cc2)[n+](C)c2ccccc21.F[B-](F)(F)F.F[B-](F)(F)F. The number of aromatic nitrogens is 3. The van der Waals surface area contributed by atoms with Crippen molar-refractivity contribution in [1.82, 2.24) is 4.57 Å². The summed E-state index contributed by atoms with van der Waals surface area (Å²) in [6, 6.07) is 23.2. The maximum Gasteiger partial charge on any atom is 0.673 e. The van der Waals surface area contributed by atoms with E-state index in [0.29, 0.717) is 0 Å². The van der Waals surface area contributed by atoms with E-state index in [-0.39, 0.29) is 0 Å². The summed E-state index contributed by atoms with van der Waals surface area (Å²) >= 11 is 0. The number of pyridine rings is 1. The third-order valence-electron chi connectivity index (χ3n) is 4.38. The lowest BCUT2D eigenvalue weighted by atomic mass is 10.2. The molecule has 33 heavy (non-hydrogen) atoms. The summed E-state index contributed by atoms with van der Waals surface area (Å²) in [5, 5.41) is 0. The highest BCUT2D eigenvalue weighted by molar-refractivity contribution is 6.50. The molecule has 3 nitrogen and oxygen atoms in total. The summed E-state index contributed by atoms with van der Waals surface area (Å²) < 4.78 is 84.6. The van der Waals surface area contributed by atoms with Crippen LogP contribution in [0.1, 0.15) is 0 Å². The highest BCUT2D eigenvalue weighted by atomic mass is 19.5. The molecule has 2 aromatic heterocycles. The molecule has 0 aliphatic rings. The Bertz CT molecular complexity index is 1110. The average molecular weight is 475 g/mol. The van der Waals surface area contributed by atoms with Crippen LogP contribution >= 0.6 is 0 Å². The third kappa shape index (κ3) is 8.24. The van der Waals surface area contributed by atoms with Crippen LogP contribution in [0.25, 0.3) is 28.1 Å². The zero-order valence-electron chi connectivity index (χ0n) is 17.5. The molecule has 0 saturated carbocycles. The minimum atomic E-state index is -6.00. The van der Waals surface area contributed by atoms with Gasteiger partial charge in [-0.1, -0.05) is 30.3 Å². The first kappa shape index (κ1) is 25.9. The van der Waals surface area contributed by atoms with Gasteiger partial charge in [-0.25, -0.2) is 9.13 Å². The lowest BCUT2D eigenvalue weighted by molar-refractivity contribution is -0.634. The van der Waals surface area contributed by atoms with E-state index in [1.807, 2.05) is 6.07 Å². The van der Waals surface area contributed by atoms with E-state index in [2.05, 4.69) is 101 Å². The normalized spacial score (nSPS) is 11.3. The standard InChI is InChI=1S/C20H19N3.2BF4/c1-21-18-10-6-7-11-19(18)22(2)20(21)16-12-14-23(15-13-16)17-8-4-3-5-9-17;2*2-1(3,4)5/h3-15H,1-2H3;;/q+2;2*-1. The third-order valence-corrected chi connectivity index (χ3v) is 4.38. The predicted octanol–water partition coefficient (Wildman–Crippen LogP) is 5.55. The van der Waals surface area contributed by atoms with Gasteiger partial charge in [-0.05, 0) is 12.1 Å². The number of benzene rings is 2. The van der Waals surface area contributed by atoms with Gasteiger partial charge < -0.3 is 34.5 Å². The zero-order valence-corrected chi connectivity index (χ0v) is 17.5. The van der Waals surface area contributed by atoms with E-state index < -0.39 is 14.5 Å². The first-order chi connectivity index (χ1) is 15.3. The molecule has 0 amide bonds. The van der Waals surface area contributed by atoms with Crippen LogP contribution in [0.2, 0.25) is 0 Å². The van der Waals surface area contributed by atoms with Crippen LogP contribution in [-0.2, 0) is 14.1 Å². The molecule has 0 atom stereocenters. The molecule has 0 aliphatic heterocycles. The van der Waals surface area contributed by atoms with Gasteiger partial charge in [0.2, 0.25) is 5.69 Å². The highest BCUT2D eigenvalue weighted by Crippen LogP contribution is 2.20. The van der Waals surface area contributed by atoms with Crippen molar-refractivity contribution in [1.29, 1.82) is 0 Å². The first-order valence-corrected chi connectivity index (χ1v) is 9.51. The molecule has 0 aliphatic carbocycles. The van der Waals surface area contributed by atoms with Gasteiger partial charge in [0, 0.05) is 24.3 Å². The van der Waals surface area contributed by atoms with E-state index >= 15 is 0 Å². The summed E-state index contributed by atoms with van der Waals surface area (Å²) in [4.78, 5) is 0. The number of hydrogen-bond acceptors (Lipinski definition) is 0. The molecular weight excluding hydrogens is 456 g/mol. The van der Waals surface area contributed by atoms with Gasteiger partial charge in [-0.3, -0.25) is 0 Å². The number of para-hydroxylation sites is 3. The fourth-order valence-corrected chi connectivity index (χ4v) is 3.22. The molecule has 0 saturated heterocycles. The molecule has 2 heterocycles. The summed E-state index contributed by atoms with van der Waals surface area (Å²) in [7, 11) is -7.76. The fourth-order valence-electron chi connectivity index (χ4n) is 3.22. The second-order valence-electron chi connectivity index (χ2n) is 6.75. The van der Waals surface area contributed by atoms with Crippen molar-refractivity contribution in [2.45, 2.75) is 0 Å². The smallest absolute Gasteiger partial charge is 0.418 e. The van der Waals surface area contributed by atoms with Gasteiger partial charge in [0.05, 0.1) is 19.7 Å². The fraction of sp³-hybridized carbons (Fsp3) is 0.100. The van der Waals surface area contributed by atoms with Crippen LogP contribution in [-0.4, -0.2) is 19.1 Å². The van der Waals surface area contributed by atoms with Crippen LogP contribution in [0.15, 0.2) is 79.1 Å². The topological polar surface area (TPSA) is 12.7 Å². The Morgan fingerprint density at radius 1 is 0.667 bits per heavy atom. The van der Waals surface area contributed by atoms with Gasteiger partial charge in [0.25, 0.3) is 5.82 Å². The average Bonchev–Trinajstić information content (AvgIpc) is 2.97. The Morgan fingerprint density at radius 3 is 1.61 bits per heavy atom. The largest absolute Gasteiger partial charge is 0.673 e. The molecule has 0 fully saturated rings. The molecule has 0 radical (unpaired) electrons. The Morgan fingerprint density at radius 2 is 1.12 bits per heavy atom. The van der Waals surface area contributed by atoms with Gasteiger partial charge in [0.1, 0.15) is 0 Å². The molecule has 4 rings (SSSR count). The van der Waals surface area contributed by atoms with E-state index in [4.69, 9.17) is 0 Å². The van der Waals surface area contributed by atoms with Crippen LogP contribution in [0.3, 0.4) is 0 Å². The zero-order chi connectivity index (χ0) is 24.8. The quantitative estimate of drug-likeness (QED) is 0.205. The number of imidazole rings is 1. The Hall–Kier alpha value is -3.37. The van der Waals surface area contributed by atoms with E-state index in [1.54, 1.807) is 0 Å². The highest BCUT2D eigenvalue weighted by Gasteiger charge is 2.22. The van der Waals surface area contributed by atoms with Crippen molar-refractivity contribution in [3.8, 4) is 17.1 Å². The lowest BCUT2D eigenvalue weighted by Crippen LogP contribution is -2.32. The molecule has 2 aromatic carbocycles. The minimum Gasteiger partial charge on any atom is -0.418 e. The van der Waals surface area contributed by atoms with E-state index in [1.165, 1.54) is 28.1 Å². The minimum absolute atomic E-state index is 1.17. The molecule has 13 heteroatoms. The second-order valence-corrected chi connectivity index (χ2v) is 6.75. The van der Waals surface area contributed by atoms with Crippen molar-refractivity contribution in [3.05, 3.63) is 79.1 Å². The van der Waals surface area contributed by atoms with E-state index in [9.17, 15) is 34.5 Å². The van der Waals surface area contributed by atoms with Crippen LogP contribution in [0, 0.1) is 0 Å². The van der Waals surface area contributed by atoms with Gasteiger partial charge in [-0.15, -0.1) is 0 Å². The first-order valence-electron chi connectivity index (χ1n) is 9.51. The van der Waals surface area contributed by atoms with Gasteiger partial charge in [-0.2, -0.15) is 4.57 Å². The number of hydrogen-bond donors (Lipinski definition) is 0. The Balaban J connectivity index is 0.000000327. The predicted molar refractivity (Wildman–Crippen MR) is 111 cm³/mol. The van der Waals surface area contributed by atoms with Crippen molar-refractivity contribution < 1.29 is 43.7 Å². The number of fused-ring (bicyclic) bond motifs is 1. The monoisotopic (exact) mass is 475 g/mol. The van der Waals surface area contributed by atoms with Gasteiger partial charge >= 0.3 is 14.5 Å². The molecule has 0 N–H and O–H groups in total. The second kappa shape index (κ2) is 10.5. The van der Waals surface area contributed by atoms with Crippen LogP contribution in [0.5, 0.6) is 0 Å².